The molecular formula is C18H26N2O4. The number of hydrogen-bond donors (Lipinski definition) is 2. The number of para-hydroxylation sites is 1. The van der Waals surface area contributed by atoms with Crippen LogP contribution in [0, 0.1) is 19.8 Å². The Morgan fingerprint density at radius 1 is 1.33 bits per heavy atom. The number of aliphatic hydroxyl groups is 1. The Bertz CT molecular complexity index is 595. The van der Waals surface area contributed by atoms with Gasteiger partial charge in [-0.05, 0) is 30.9 Å². The third-order valence-corrected chi connectivity index (χ3v) is 4.09. The Morgan fingerprint density at radius 3 is 2.54 bits per heavy atom. The van der Waals surface area contributed by atoms with Crippen LogP contribution in [0.1, 0.15) is 31.4 Å². The number of hydrogen-bond acceptors (Lipinski definition) is 4. The minimum atomic E-state index is -0.723. The lowest BCUT2D eigenvalue weighted by molar-refractivity contribution is -0.120. The van der Waals surface area contributed by atoms with E-state index in [1.54, 1.807) is 0 Å². The Labute approximate surface area is 142 Å². The maximum Gasteiger partial charge on any atom is 0.410 e. The van der Waals surface area contributed by atoms with Gasteiger partial charge in [0.2, 0.25) is 5.91 Å². The molecule has 1 heterocycles. The number of carbonyl (C=O) groups is 2. The molecule has 1 aliphatic heterocycles. The van der Waals surface area contributed by atoms with Gasteiger partial charge in [-0.2, -0.15) is 0 Å². The molecule has 0 radical (unpaired) electrons. The van der Waals surface area contributed by atoms with Gasteiger partial charge < -0.3 is 15.2 Å². The number of nitrogens with zero attached hydrogens (tertiary/aromatic N) is 1. The minimum Gasteiger partial charge on any atom is -0.449 e. The van der Waals surface area contributed by atoms with E-state index in [2.05, 4.69) is 5.32 Å². The summed E-state index contributed by atoms with van der Waals surface area (Å²) in [5.41, 5.74) is 2.66. The highest BCUT2D eigenvalue weighted by Gasteiger charge is 2.40. The lowest BCUT2D eigenvalue weighted by Gasteiger charge is -2.24. The summed E-state index contributed by atoms with van der Waals surface area (Å²) >= 11 is 0. The molecule has 6 heteroatoms. The highest BCUT2D eigenvalue weighted by atomic mass is 16.6. The number of carbonyl (C=O) groups excluding carboxylic acids is 2. The quantitative estimate of drug-likeness (QED) is 0.886. The summed E-state index contributed by atoms with van der Waals surface area (Å²) in [6.45, 7) is 8.12. The van der Waals surface area contributed by atoms with Crippen LogP contribution in [-0.2, 0) is 9.53 Å². The first-order valence-electron chi connectivity index (χ1n) is 8.28. The molecule has 0 aliphatic carbocycles. The average molecular weight is 334 g/mol. The highest BCUT2D eigenvalue weighted by molar-refractivity contribution is 5.98. The van der Waals surface area contributed by atoms with Crippen molar-refractivity contribution in [1.29, 1.82) is 0 Å². The fourth-order valence-corrected chi connectivity index (χ4v) is 2.80. The number of aryl methyl sites for hydroxylation is 2. The molecule has 2 rings (SSSR count). The second-order valence-electron chi connectivity index (χ2n) is 6.78. The van der Waals surface area contributed by atoms with Crippen LogP contribution in [0.3, 0.4) is 0 Å². The van der Waals surface area contributed by atoms with E-state index in [1.807, 2.05) is 45.9 Å². The van der Waals surface area contributed by atoms with Crippen LogP contribution in [0.15, 0.2) is 18.2 Å². The van der Waals surface area contributed by atoms with Gasteiger partial charge in [0.05, 0.1) is 19.3 Å². The predicted molar refractivity (Wildman–Crippen MR) is 91.8 cm³/mol. The summed E-state index contributed by atoms with van der Waals surface area (Å²) < 4.78 is 5.21. The fourth-order valence-electron chi connectivity index (χ4n) is 2.80. The fraction of sp³-hybridized carbons (Fsp3) is 0.556. The molecule has 2 atom stereocenters. The van der Waals surface area contributed by atoms with E-state index in [0.717, 1.165) is 16.8 Å². The van der Waals surface area contributed by atoms with Gasteiger partial charge in [0, 0.05) is 12.1 Å². The predicted octanol–water partition coefficient (Wildman–Crippen LogP) is 2.47. The van der Waals surface area contributed by atoms with Crippen LogP contribution >= 0.6 is 0 Å². The van der Waals surface area contributed by atoms with Crippen molar-refractivity contribution in [1.82, 2.24) is 4.90 Å². The van der Waals surface area contributed by atoms with Crippen LogP contribution in [0.4, 0.5) is 10.5 Å². The molecule has 6 nitrogen and oxygen atoms in total. The van der Waals surface area contributed by atoms with Crippen LogP contribution in [0.2, 0.25) is 0 Å². The molecule has 2 amide bonds. The molecule has 0 spiro atoms. The minimum absolute atomic E-state index is 0.113. The molecule has 2 unspecified atom stereocenters. The van der Waals surface area contributed by atoms with Crippen molar-refractivity contribution >= 4 is 17.7 Å². The van der Waals surface area contributed by atoms with Gasteiger partial charge in [-0.15, -0.1) is 0 Å². The Balaban J connectivity index is 2.10. The third-order valence-electron chi connectivity index (χ3n) is 4.09. The lowest BCUT2D eigenvalue weighted by Crippen LogP contribution is -2.43. The molecule has 24 heavy (non-hydrogen) atoms. The number of likely N-dealkylation sites (tertiary alicyclic amines) is 1. The zero-order chi connectivity index (χ0) is 17.9. The van der Waals surface area contributed by atoms with Gasteiger partial charge in [0.1, 0.15) is 6.04 Å². The lowest BCUT2D eigenvalue weighted by atomic mass is 10.1. The van der Waals surface area contributed by atoms with Crippen molar-refractivity contribution in [3.63, 3.8) is 0 Å². The van der Waals surface area contributed by atoms with E-state index < -0.39 is 18.2 Å². The second-order valence-corrected chi connectivity index (χ2v) is 6.78. The number of amides is 2. The molecule has 1 fully saturated rings. The number of benzene rings is 1. The van der Waals surface area contributed by atoms with Gasteiger partial charge in [-0.25, -0.2) is 4.79 Å². The third kappa shape index (κ3) is 4.26. The van der Waals surface area contributed by atoms with E-state index in [-0.39, 0.29) is 31.4 Å². The van der Waals surface area contributed by atoms with Crippen molar-refractivity contribution in [2.24, 2.45) is 5.92 Å². The van der Waals surface area contributed by atoms with E-state index >= 15 is 0 Å². The molecule has 0 aromatic heterocycles. The van der Waals surface area contributed by atoms with Crippen LogP contribution in [0.5, 0.6) is 0 Å². The number of rotatable bonds is 4. The zero-order valence-corrected chi connectivity index (χ0v) is 14.7. The van der Waals surface area contributed by atoms with Gasteiger partial charge in [0.25, 0.3) is 0 Å². The van der Waals surface area contributed by atoms with Gasteiger partial charge in [-0.1, -0.05) is 32.0 Å². The zero-order valence-electron chi connectivity index (χ0n) is 14.7. The maximum absolute atomic E-state index is 12.6. The topological polar surface area (TPSA) is 78.9 Å². The summed E-state index contributed by atoms with van der Waals surface area (Å²) in [6, 6.07) is 5.04. The highest BCUT2D eigenvalue weighted by Crippen LogP contribution is 2.24. The smallest absolute Gasteiger partial charge is 0.410 e. The van der Waals surface area contributed by atoms with Crippen molar-refractivity contribution < 1.29 is 19.4 Å². The SMILES string of the molecule is Cc1cccc(C)c1NC(=O)C1CC(O)CN1C(=O)OCC(C)C. The standard InChI is InChI=1S/C18H26N2O4/c1-11(2)10-24-18(23)20-9-14(21)8-15(20)17(22)19-16-12(3)6-5-7-13(16)4/h5-7,11,14-15,21H,8-10H2,1-4H3,(H,19,22). The summed E-state index contributed by atoms with van der Waals surface area (Å²) in [5, 5.41) is 12.8. The van der Waals surface area contributed by atoms with Crippen LogP contribution in [-0.4, -0.2) is 47.3 Å². The molecule has 2 N–H and O–H groups in total. The van der Waals surface area contributed by atoms with Crippen molar-refractivity contribution in [2.75, 3.05) is 18.5 Å². The van der Waals surface area contributed by atoms with E-state index in [0.29, 0.717) is 0 Å². The Morgan fingerprint density at radius 2 is 1.96 bits per heavy atom. The number of β-amino-alcohol motifs (C(OH)–C–C–N with tert-alkyl or cyclic N) is 1. The summed E-state index contributed by atoms with van der Waals surface area (Å²) in [6.07, 6.45) is -1.06. The second kappa shape index (κ2) is 7.66. The van der Waals surface area contributed by atoms with Crippen molar-refractivity contribution in [2.45, 2.75) is 46.3 Å². The molecular weight excluding hydrogens is 308 g/mol. The van der Waals surface area contributed by atoms with Gasteiger partial charge in [-0.3, -0.25) is 9.69 Å². The molecule has 1 saturated heterocycles. The number of anilines is 1. The summed E-state index contributed by atoms with van der Waals surface area (Å²) in [5.74, 6) is -0.0891. The first kappa shape index (κ1) is 18.3. The number of ether oxygens (including phenoxy) is 1. The molecule has 132 valence electrons. The molecule has 0 saturated carbocycles. The monoisotopic (exact) mass is 334 g/mol. The summed E-state index contributed by atoms with van der Waals surface area (Å²) in [7, 11) is 0. The molecule has 1 aliphatic rings. The van der Waals surface area contributed by atoms with Gasteiger partial charge in [0.15, 0.2) is 0 Å². The largest absolute Gasteiger partial charge is 0.449 e. The normalized spacial score (nSPS) is 20.3. The molecule has 0 bridgehead atoms. The first-order valence-corrected chi connectivity index (χ1v) is 8.28. The summed E-state index contributed by atoms with van der Waals surface area (Å²) in [4.78, 5) is 26.2. The van der Waals surface area contributed by atoms with E-state index in [1.165, 1.54) is 4.90 Å². The average Bonchev–Trinajstić information content (AvgIpc) is 2.90. The number of aliphatic hydroxyl groups excluding tert-OH is 1. The number of nitrogens with one attached hydrogen (secondary N) is 1. The maximum atomic E-state index is 12.6. The Hall–Kier alpha value is -2.08. The van der Waals surface area contributed by atoms with Crippen LogP contribution in [0.25, 0.3) is 0 Å². The van der Waals surface area contributed by atoms with Crippen LogP contribution < -0.4 is 5.32 Å². The van der Waals surface area contributed by atoms with E-state index in [4.69, 9.17) is 4.74 Å². The van der Waals surface area contributed by atoms with Crippen molar-refractivity contribution in [3.05, 3.63) is 29.3 Å². The first-order chi connectivity index (χ1) is 11.3. The molecule has 1 aromatic rings. The Kier molecular flexibility index (Phi) is 5.83. The van der Waals surface area contributed by atoms with Crippen molar-refractivity contribution in [3.8, 4) is 0 Å². The van der Waals surface area contributed by atoms with E-state index in [9.17, 15) is 14.7 Å². The molecule has 1 aromatic carbocycles. The van der Waals surface area contributed by atoms with Gasteiger partial charge >= 0.3 is 6.09 Å².